The summed E-state index contributed by atoms with van der Waals surface area (Å²) >= 11 is 1.16. The number of halogens is 1. The molecule has 9 heteroatoms. The lowest BCUT2D eigenvalue weighted by Gasteiger charge is -2.18. The number of nitrogens with one attached hydrogen (secondary N) is 2. The maximum atomic E-state index is 14.2. The molecule has 0 radical (unpaired) electrons. The maximum absolute atomic E-state index is 14.2. The molecule has 3 rings (SSSR count). The van der Waals surface area contributed by atoms with E-state index in [0.717, 1.165) is 11.3 Å². The minimum atomic E-state index is -0.538. The van der Waals surface area contributed by atoms with Crippen LogP contribution in [0.4, 0.5) is 20.9 Å². The average molecular weight is 453 g/mol. The highest BCUT2D eigenvalue weighted by atomic mass is 32.1. The van der Waals surface area contributed by atoms with E-state index in [-0.39, 0.29) is 22.6 Å². The summed E-state index contributed by atoms with van der Waals surface area (Å²) in [6, 6.07) is 11.0. The quantitative estimate of drug-likeness (QED) is 0.546. The zero-order valence-corrected chi connectivity index (χ0v) is 18.5. The number of benzene rings is 2. The molecule has 0 atom stereocenters. The van der Waals surface area contributed by atoms with Gasteiger partial charge in [-0.05, 0) is 42.8 Å². The number of carbonyl (C=O) groups excluding carboxylic acids is 3. The average Bonchev–Trinajstić information content (AvgIpc) is 3.23. The van der Waals surface area contributed by atoms with Gasteiger partial charge in [-0.3, -0.25) is 19.3 Å². The van der Waals surface area contributed by atoms with Crippen LogP contribution >= 0.6 is 11.3 Å². The summed E-state index contributed by atoms with van der Waals surface area (Å²) in [4.78, 5) is 41.9. The Morgan fingerprint density at radius 2 is 1.88 bits per heavy atom. The fraction of sp³-hybridized carbons (Fsp3) is 0.130. The third-order valence-corrected chi connectivity index (χ3v) is 5.42. The fourth-order valence-electron chi connectivity index (χ4n) is 2.98. The van der Waals surface area contributed by atoms with E-state index in [1.54, 1.807) is 36.6 Å². The van der Waals surface area contributed by atoms with Gasteiger partial charge in [-0.15, -0.1) is 11.3 Å². The number of para-hydroxylation sites is 1. The molecule has 0 saturated carbocycles. The second-order valence-corrected chi connectivity index (χ2v) is 7.58. The number of amides is 3. The first-order valence-corrected chi connectivity index (χ1v) is 10.5. The van der Waals surface area contributed by atoms with Crippen LogP contribution < -0.4 is 15.5 Å². The summed E-state index contributed by atoms with van der Waals surface area (Å²) in [5.41, 5.74) is 2.18. The van der Waals surface area contributed by atoms with Crippen LogP contribution in [0.2, 0.25) is 0 Å². The molecule has 164 valence electrons. The van der Waals surface area contributed by atoms with Gasteiger partial charge in [-0.25, -0.2) is 9.37 Å². The standard InChI is InChI=1S/C23H21FN4O3S/c1-14-17(22(31)25-3)7-6-9-19(14)27-21(30)12-11-16-13-32-23(26-16)28(15(2)29)20-10-5-4-8-18(20)24/h4-13H,1-3H3,(H,25,31)(H,27,30)/b12-11+. The Hall–Kier alpha value is -3.85. The lowest BCUT2D eigenvalue weighted by Crippen LogP contribution is -2.23. The third-order valence-electron chi connectivity index (χ3n) is 4.58. The van der Waals surface area contributed by atoms with Gasteiger partial charge >= 0.3 is 0 Å². The van der Waals surface area contributed by atoms with Gasteiger partial charge in [-0.2, -0.15) is 0 Å². The van der Waals surface area contributed by atoms with E-state index in [1.807, 2.05) is 0 Å². The van der Waals surface area contributed by atoms with E-state index in [4.69, 9.17) is 0 Å². The van der Waals surface area contributed by atoms with Crippen molar-refractivity contribution in [3.8, 4) is 0 Å². The smallest absolute Gasteiger partial charge is 0.251 e. The first-order valence-electron chi connectivity index (χ1n) is 9.63. The summed E-state index contributed by atoms with van der Waals surface area (Å²) < 4.78 is 14.2. The third kappa shape index (κ3) is 5.06. The molecule has 3 aromatic rings. The van der Waals surface area contributed by atoms with E-state index < -0.39 is 11.7 Å². The number of anilines is 3. The molecule has 1 aromatic heterocycles. The Morgan fingerprint density at radius 1 is 1.12 bits per heavy atom. The molecule has 0 fully saturated rings. The second kappa shape index (κ2) is 9.97. The monoisotopic (exact) mass is 452 g/mol. The summed E-state index contributed by atoms with van der Waals surface area (Å²) in [5.74, 6) is -1.57. The SMILES string of the molecule is CNC(=O)c1cccc(NC(=O)/C=C/c2csc(N(C(C)=O)c3ccccc3F)n2)c1C. The van der Waals surface area contributed by atoms with Crippen LogP contribution in [0, 0.1) is 12.7 Å². The molecule has 2 aromatic carbocycles. The zero-order chi connectivity index (χ0) is 23.3. The molecule has 7 nitrogen and oxygen atoms in total. The molecule has 0 unspecified atom stereocenters. The normalized spacial score (nSPS) is 10.8. The highest BCUT2D eigenvalue weighted by molar-refractivity contribution is 7.14. The maximum Gasteiger partial charge on any atom is 0.251 e. The number of aromatic nitrogens is 1. The van der Waals surface area contributed by atoms with Crippen LogP contribution in [-0.4, -0.2) is 29.8 Å². The van der Waals surface area contributed by atoms with Gasteiger partial charge in [0.05, 0.1) is 11.4 Å². The topological polar surface area (TPSA) is 91.4 Å². The summed E-state index contributed by atoms with van der Waals surface area (Å²) in [6.07, 6.45) is 2.79. The number of thiazole rings is 1. The van der Waals surface area contributed by atoms with Gasteiger partial charge in [0.15, 0.2) is 5.13 Å². The van der Waals surface area contributed by atoms with Gasteiger partial charge in [0, 0.05) is 36.7 Å². The predicted molar refractivity (Wildman–Crippen MR) is 124 cm³/mol. The van der Waals surface area contributed by atoms with Crippen molar-refractivity contribution in [2.24, 2.45) is 0 Å². The predicted octanol–water partition coefficient (Wildman–Crippen LogP) is 4.29. The fourth-order valence-corrected chi connectivity index (χ4v) is 3.83. The van der Waals surface area contributed by atoms with Crippen molar-refractivity contribution in [2.75, 3.05) is 17.3 Å². The molecule has 2 N–H and O–H groups in total. The van der Waals surface area contributed by atoms with Crippen LogP contribution in [0.3, 0.4) is 0 Å². The number of rotatable bonds is 6. The minimum absolute atomic E-state index is 0.106. The van der Waals surface area contributed by atoms with Crippen molar-refractivity contribution in [3.05, 3.63) is 76.6 Å². The Labute approximate surface area is 188 Å². The van der Waals surface area contributed by atoms with E-state index in [0.29, 0.717) is 22.5 Å². The second-order valence-electron chi connectivity index (χ2n) is 6.74. The highest BCUT2D eigenvalue weighted by Crippen LogP contribution is 2.31. The lowest BCUT2D eigenvalue weighted by molar-refractivity contribution is -0.116. The molecule has 0 aliphatic heterocycles. The molecule has 1 heterocycles. The van der Waals surface area contributed by atoms with E-state index in [9.17, 15) is 18.8 Å². The Bertz CT molecular complexity index is 1210. The minimum Gasteiger partial charge on any atom is -0.355 e. The van der Waals surface area contributed by atoms with Gasteiger partial charge in [0.2, 0.25) is 11.8 Å². The van der Waals surface area contributed by atoms with Crippen molar-refractivity contribution in [3.63, 3.8) is 0 Å². The van der Waals surface area contributed by atoms with Crippen molar-refractivity contribution in [1.29, 1.82) is 0 Å². The van der Waals surface area contributed by atoms with E-state index >= 15 is 0 Å². The first-order chi connectivity index (χ1) is 15.3. The van der Waals surface area contributed by atoms with Crippen molar-refractivity contribution in [1.82, 2.24) is 10.3 Å². The number of carbonyl (C=O) groups is 3. The molecule has 0 saturated heterocycles. The van der Waals surface area contributed by atoms with Crippen LogP contribution in [0.5, 0.6) is 0 Å². The number of hydrogen-bond donors (Lipinski definition) is 2. The zero-order valence-electron chi connectivity index (χ0n) is 17.7. The molecule has 32 heavy (non-hydrogen) atoms. The van der Waals surface area contributed by atoms with Gasteiger partial charge in [0.1, 0.15) is 5.82 Å². The van der Waals surface area contributed by atoms with Crippen molar-refractivity contribution >= 4 is 51.6 Å². The summed E-state index contributed by atoms with van der Waals surface area (Å²) in [7, 11) is 1.54. The van der Waals surface area contributed by atoms with Gasteiger partial charge in [0.25, 0.3) is 5.91 Å². The molecular formula is C23H21FN4O3S. The van der Waals surface area contributed by atoms with Crippen molar-refractivity contribution < 1.29 is 18.8 Å². The largest absolute Gasteiger partial charge is 0.355 e. The molecular weight excluding hydrogens is 431 g/mol. The van der Waals surface area contributed by atoms with Gasteiger partial charge < -0.3 is 10.6 Å². The number of hydrogen-bond acceptors (Lipinski definition) is 5. The Morgan fingerprint density at radius 3 is 2.56 bits per heavy atom. The van der Waals surface area contributed by atoms with Crippen LogP contribution in [0.25, 0.3) is 6.08 Å². The first kappa shape index (κ1) is 22.8. The summed E-state index contributed by atoms with van der Waals surface area (Å²) in [6.45, 7) is 3.07. The number of nitrogens with zero attached hydrogens (tertiary/aromatic N) is 2. The summed E-state index contributed by atoms with van der Waals surface area (Å²) in [5, 5.41) is 7.25. The lowest BCUT2D eigenvalue weighted by atomic mass is 10.1. The van der Waals surface area contributed by atoms with E-state index in [1.165, 1.54) is 49.2 Å². The van der Waals surface area contributed by atoms with Crippen LogP contribution in [-0.2, 0) is 9.59 Å². The molecule has 0 aliphatic rings. The molecule has 3 amide bonds. The van der Waals surface area contributed by atoms with Crippen LogP contribution in [0.15, 0.2) is 53.9 Å². The molecule has 0 spiro atoms. The highest BCUT2D eigenvalue weighted by Gasteiger charge is 2.20. The van der Waals surface area contributed by atoms with Crippen LogP contribution in [0.1, 0.15) is 28.5 Å². The Balaban J connectivity index is 1.76. The Kier molecular flexibility index (Phi) is 7.11. The molecule has 0 bridgehead atoms. The van der Waals surface area contributed by atoms with Crippen molar-refractivity contribution in [2.45, 2.75) is 13.8 Å². The van der Waals surface area contributed by atoms with Gasteiger partial charge in [-0.1, -0.05) is 18.2 Å². The molecule has 0 aliphatic carbocycles. The van der Waals surface area contributed by atoms with E-state index in [2.05, 4.69) is 15.6 Å².